The number of carbonyl (C=O) groups excluding carboxylic acids is 1. The molecule has 0 bridgehead atoms. The normalized spacial score (nSPS) is 14.0. The van der Waals surface area contributed by atoms with E-state index in [1.54, 1.807) is 12.1 Å². The number of carbonyl (C=O) groups is 1. The fourth-order valence-corrected chi connectivity index (χ4v) is 5.86. The lowest BCUT2D eigenvalue weighted by Gasteiger charge is -2.15. The molecule has 0 atom stereocenters. The minimum Gasteiger partial charge on any atom is -0.487 e. The highest BCUT2D eigenvalue weighted by atomic mass is 127. The minimum absolute atomic E-state index is 0.0292. The number of para-hydroxylation sites is 1. The third-order valence-corrected chi connectivity index (χ3v) is 6.87. The van der Waals surface area contributed by atoms with Crippen molar-refractivity contribution in [3.63, 3.8) is 0 Å². The number of benzene rings is 3. The van der Waals surface area contributed by atoms with Gasteiger partial charge in [-0.2, -0.15) is 0 Å². The van der Waals surface area contributed by atoms with E-state index in [-0.39, 0.29) is 11.6 Å². The number of anilines is 1. The predicted molar refractivity (Wildman–Crippen MR) is 146 cm³/mol. The Labute approximate surface area is 219 Å². The van der Waals surface area contributed by atoms with E-state index in [0.29, 0.717) is 18.7 Å². The lowest BCUT2D eigenvalue weighted by molar-refractivity contribution is -0.384. The van der Waals surface area contributed by atoms with Gasteiger partial charge in [-0.1, -0.05) is 25.1 Å². The third-order valence-electron chi connectivity index (χ3n) is 5.27. The summed E-state index contributed by atoms with van der Waals surface area (Å²) >= 11 is 4.47. The van der Waals surface area contributed by atoms with Crippen LogP contribution >= 0.6 is 45.2 Å². The molecular weight excluding hydrogens is 646 g/mol. The molecule has 0 N–H and O–H groups in total. The molecule has 3 aromatic rings. The first kappa shape index (κ1) is 23.7. The van der Waals surface area contributed by atoms with Crippen LogP contribution in [-0.4, -0.2) is 17.4 Å². The van der Waals surface area contributed by atoms with E-state index in [1.165, 1.54) is 12.1 Å². The van der Waals surface area contributed by atoms with Crippen LogP contribution in [0.1, 0.15) is 30.0 Å². The molecule has 4 rings (SSSR count). The Morgan fingerprint density at radius 3 is 2.36 bits per heavy atom. The van der Waals surface area contributed by atoms with Crippen molar-refractivity contribution in [2.45, 2.75) is 20.0 Å². The van der Waals surface area contributed by atoms with Crippen LogP contribution in [-0.2, 0) is 11.4 Å². The Morgan fingerprint density at radius 1 is 1.06 bits per heavy atom. The van der Waals surface area contributed by atoms with E-state index in [2.05, 4.69) is 52.1 Å². The number of ether oxygens (including phenoxy) is 1. The van der Waals surface area contributed by atoms with Crippen molar-refractivity contribution in [3.05, 3.63) is 94.6 Å². The van der Waals surface area contributed by atoms with E-state index >= 15 is 0 Å². The molecule has 0 fully saturated rings. The lowest BCUT2D eigenvalue weighted by Crippen LogP contribution is -2.26. The number of rotatable bonds is 7. The number of fused-ring (bicyclic) bond motifs is 1. The molecule has 0 unspecified atom stereocenters. The third kappa shape index (κ3) is 5.06. The average molecular weight is 666 g/mol. The number of halogens is 2. The fourth-order valence-electron chi connectivity index (χ4n) is 3.73. The molecule has 0 spiro atoms. The Kier molecular flexibility index (Phi) is 7.32. The molecule has 33 heavy (non-hydrogen) atoms. The highest BCUT2D eigenvalue weighted by Gasteiger charge is 2.31. The molecule has 3 aromatic carbocycles. The van der Waals surface area contributed by atoms with E-state index in [9.17, 15) is 14.9 Å². The molecule has 0 saturated carbocycles. The first-order valence-electron chi connectivity index (χ1n) is 10.4. The maximum Gasteiger partial charge on any atom is 0.269 e. The van der Waals surface area contributed by atoms with Crippen LogP contribution in [0, 0.1) is 17.3 Å². The van der Waals surface area contributed by atoms with E-state index in [0.717, 1.165) is 41.7 Å². The van der Waals surface area contributed by atoms with Crippen molar-refractivity contribution in [2.75, 3.05) is 11.4 Å². The quantitative estimate of drug-likeness (QED) is 0.122. The smallest absolute Gasteiger partial charge is 0.269 e. The number of amides is 1. The number of nitro groups is 1. The van der Waals surface area contributed by atoms with Crippen LogP contribution in [0.5, 0.6) is 5.75 Å². The van der Waals surface area contributed by atoms with Crippen molar-refractivity contribution < 1.29 is 14.5 Å². The summed E-state index contributed by atoms with van der Waals surface area (Å²) in [7, 11) is 0. The summed E-state index contributed by atoms with van der Waals surface area (Å²) in [6.07, 6.45) is 2.84. The van der Waals surface area contributed by atoms with Gasteiger partial charge in [0.05, 0.1) is 17.8 Å². The van der Waals surface area contributed by atoms with E-state index in [1.807, 2.05) is 47.4 Å². The monoisotopic (exact) mass is 666 g/mol. The molecule has 8 heteroatoms. The topological polar surface area (TPSA) is 72.7 Å². The van der Waals surface area contributed by atoms with Crippen LogP contribution in [0.4, 0.5) is 11.4 Å². The average Bonchev–Trinajstić information content (AvgIpc) is 3.05. The molecule has 168 valence electrons. The summed E-state index contributed by atoms with van der Waals surface area (Å²) in [5, 5.41) is 10.8. The maximum absolute atomic E-state index is 13.1. The van der Waals surface area contributed by atoms with E-state index < -0.39 is 4.92 Å². The van der Waals surface area contributed by atoms with Crippen LogP contribution in [0.15, 0.2) is 60.7 Å². The molecule has 1 aliphatic rings. The number of nitrogens with zero attached hydrogens (tertiary/aromatic N) is 2. The van der Waals surface area contributed by atoms with Crippen LogP contribution in [0.3, 0.4) is 0 Å². The summed E-state index contributed by atoms with van der Waals surface area (Å²) in [4.78, 5) is 25.4. The largest absolute Gasteiger partial charge is 0.487 e. The number of non-ortho nitro benzene ring substituents is 1. The summed E-state index contributed by atoms with van der Waals surface area (Å²) < 4.78 is 7.88. The minimum atomic E-state index is -0.418. The first-order chi connectivity index (χ1) is 15.9. The fraction of sp³-hybridized carbons (Fsp3) is 0.160. The van der Waals surface area contributed by atoms with Crippen LogP contribution < -0.4 is 9.64 Å². The SMILES string of the molecule is CCCN1C(=O)/C(=C\c2cc(I)c(OCc3ccc([N+](=O)[O-])cc3)c(I)c2)c2ccccc21. The number of nitro benzene ring substituents is 1. The highest BCUT2D eigenvalue weighted by molar-refractivity contribution is 14.1. The second kappa shape index (κ2) is 10.2. The van der Waals surface area contributed by atoms with Gasteiger partial charge in [-0.15, -0.1) is 0 Å². The van der Waals surface area contributed by atoms with Crippen molar-refractivity contribution >= 4 is 74.1 Å². The van der Waals surface area contributed by atoms with Gasteiger partial charge in [0.15, 0.2) is 0 Å². The second-order valence-electron chi connectivity index (χ2n) is 7.56. The summed E-state index contributed by atoms with van der Waals surface area (Å²) in [5.41, 5.74) is 4.46. The van der Waals surface area contributed by atoms with Gasteiger partial charge >= 0.3 is 0 Å². The Balaban J connectivity index is 1.58. The molecule has 1 heterocycles. The predicted octanol–water partition coefficient (Wildman–Crippen LogP) is 6.68. The molecular formula is C25H20I2N2O4. The molecule has 0 aromatic heterocycles. The highest BCUT2D eigenvalue weighted by Crippen LogP contribution is 2.38. The molecule has 1 amide bonds. The van der Waals surface area contributed by atoms with Gasteiger partial charge in [0.1, 0.15) is 12.4 Å². The second-order valence-corrected chi connectivity index (χ2v) is 9.88. The van der Waals surface area contributed by atoms with Gasteiger partial charge in [0.25, 0.3) is 11.6 Å². The number of hydrogen-bond donors (Lipinski definition) is 0. The molecule has 1 aliphatic heterocycles. The molecule has 0 saturated heterocycles. The van der Waals surface area contributed by atoms with Crippen molar-refractivity contribution in [1.82, 2.24) is 0 Å². The molecule has 0 radical (unpaired) electrons. The first-order valence-corrected chi connectivity index (χ1v) is 12.5. The van der Waals surface area contributed by atoms with Gasteiger partial charge in [-0.25, -0.2) is 0 Å². The Morgan fingerprint density at radius 2 is 1.73 bits per heavy atom. The van der Waals surface area contributed by atoms with Crippen LogP contribution in [0.2, 0.25) is 0 Å². The van der Waals surface area contributed by atoms with Gasteiger partial charge in [-0.3, -0.25) is 14.9 Å². The van der Waals surface area contributed by atoms with Gasteiger partial charge in [0, 0.05) is 29.8 Å². The summed E-state index contributed by atoms with van der Waals surface area (Å²) in [6.45, 7) is 3.07. The van der Waals surface area contributed by atoms with Gasteiger partial charge < -0.3 is 9.64 Å². The van der Waals surface area contributed by atoms with Gasteiger partial charge in [-0.05, 0) is 99.1 Å². The van der Waals surface area contributed by atoms with Crippen LogP contribution in [0.25, 0.3) is 11.6 Å². The van der Waals surface area contributed by atoms with Gasteiger partial charge in [0.2, 0.25) is 0 Å². The zero-order valence-corrected chi connectivity index (χ0v) is 22.1. The Hall–Kier alpha value is -2.47. The molecule has 6 nitrogen and oxygen atoms in total. The van der Waals surface area contributed by atoms with Crippen molar-refractivity contribution in [2.24, 2.45) is 0 Å². The summed E-state index contributed by atoms with van der Waals surface area (Å²) in [5.74, 6) is 0.782. The maximum atomic E-state index is 13.1. The summed E-state index contributed by atoms with van der Waals surface area (Å²) in [6, 6.07) is 18.2. The van der Waals surface area contributed by atoms with E-state index in [4.69, 9.17) is 4.74 Å². The zero-order chi connectivity index (χ0) is 23.5. The lowest BCUT2D eigenvalue weighted by atomic mass is 10.0. The van der Waals surface area contributed by atoms with Crippen molar-refractivity contribution in [3.8, 4) is 5.75 Å². The molecule has 0 aliphatic carbocycles. The standard InChI is InChI=1S/C25H20I2N2O4/c1-2-11-28-23-6-4-3-5-19(23)20(25(28)30)12-17-13-21(26)24(22(27)14-17)33-15-16-7-9-18(10-8-16)29(31)32/h3-10,12-14H,2,11,15H2,1H3/b20-12-. The Bertz CT molecular complexity index is 1230. The van der Waals surface area contributed by atoms with Crippen molar-refractivity contribution in [1.29, 1.82) is 0 Å². The zero-order valence-electron chi connectivity index (χ0n) is 17.8. The number of hydrogen-bond acceptors (Lipinski definition) is 4.